The molecule has 0 radical (unpaired) electrons. The molecule has 17 heavy (non-hydrogen) atoms. The molecule has 0 aliphatic carbocycles. The van der Waals surface area contributed by atoms with Crippen LogP contribution in [0.4, 0.5) is 17.6 Å². The molecule has 1 aromatic carbocycles. The van der Waals surface area contributed by atoms with Gasteiger partial charge in [-0.2, -0.15) is 22.7 Å². The number of nitrogens with zero attached hydrogens (tertiary/aromatic N) is 2. The van der Waals surface area contributed by atoms with Gasteiger partial charge >= 0.3 is 6.18 Å². The fourth-order valence-corrected chi connectivity index (χ4v) is 1.56. The molecule has 0 N–H and O–H groups in total. The van der Waals surface area contributed by atoms with Crippen molar-refractivity contribution in [3.05, 3.63) is 47.5 Å². The monoisotopic (exact) mass is 244 g/mol. The van der Waals surface area contributed by atoms with Gasteiger partial charge in [0, 0.05) is 0 Å². The van der Waals surface area contributed by atoms with Crippen molar-refractivity contribution in [2.45, 2.75) is 13.1 Å². The van der Waals surface area contributed by atoms with Gasteiger partial charge in [-0.15, -0.1) is 0 Å². The SMILES string of the molecule is Cc1nn(-c2ccccc2)c(F)c1C(F)(F)F. The summed E-state index contributed by atoms with van der Waals surface area (Å²) in [6.07, 6.45) is -4.73. The first-order chi connectivity index (χ1) is 7.91. The van der Waals surface area contributed by atoms with Gasteiger partial charge in [-0.25, -0.2) is 4.68 Å². The van der Waals surface area contributed by atoms with Crippen LogP contribution in [0.1, 0.15) is 11.3 Å². The van der Waals surface area contributed by atoms with Crippen LogP contribution in [0.5, 0.6) is 0 Å². The summed E-state index contributed by atoms with van der Waals surface area (Å²) in [4.78, 5) is 0. The molecule has 0 spiro atoms. The van der Waals surface area contributed by atoms with Crippen molar-refractivity contribution in [3.63, 3.8) is 0 Å². The van der Waals surface area contributed by atoms with Crippen LogP contribution in [0.2, 0.25) is 0 Å². The molecule has 2 aromatic rings. The standard InChI is InChI=1S/C11H8F4N2/c1-7-9(11(13,14)15)10(12)17(16-7)8-5-3-2-4-6-8/h2-6H,1H3. The van der Waals surface area contributed by atoms with Crippen LogP contribution in [0, 0.1) is 12.9 Å². The highest BCUT2D eigenvalue weighted by Crippen LogP contribution is 2.34. The van der Waals surface area contributed by atoms with Crippen molar-refractivity contribution in [3.8, 4) is 5.69 Å². The Morgan fingerprint density at radius 2 is 1.71 bits per heavy atom. The molecule has 2 nitrogen and oxygen atoms in total. The number of rotatable bonds is 1. The molecular formula is C11H8F4N2. The fourth-order valence-electron chi connectivity index (χ4n) is 1.56. The predicted octanol–water partition coefficient (Wildman–Crippen LogP) is 3.34. The van der Waals surface area contributed by atoms with Crippen LogP contribution in [-0.2, 0) is 6.18 Å². The molecule has 0 amide bonds. The summed E-state index contributed by atoms with van der Waals surface area (Å²) >= 11 is 0. The number of para-hydroxylation sites is 1. The number of benzene rings is 1. The molecule has 0 bridgehead atoms. The minimum Gasteiger partial charge on any atom is -0.206 e. The molecule has 0 aliphatic heterocycles. The molecule has 1 heterocycles. The Morgan fingerprint density at radius 1 is 1.12 bits per heavy atom. The molecule has 0 fully saturated rings. The highest BCUT2D eigenvalue weighted by atomic mass is 19.4. The van der Waals surface area contributed by atoms with Gasteiger partial charge in [0.1, 0.15) is 5.56 Å². The third kappa shape index (κ3) is 2.02. The third-order valence-electron chi connectivity index (χ3n) is 2.29. The van der Waals surface area contributed by atoms with Crippen molar-refractivity contribution < 1.29 is 17.6 Å². The molecule has 1 aromatic heterocycles. The lowest BCUT2D eigenvalue weighted by Gasteiger charge is -2.05. The van der Waals surface area contributed by atoms with Gasteiger partial charge in [-0.1, -0.05) is 18.2 Å². The molecule has 0 atom stereocenters. The first kappa shape index (κ1) is 11.6. The van der Waals surface area contributed by atoms with Gasteiger partial charge in [0.25, 0.3) is 0 Å². The normalized spacial score (nSPS) is 11.8. The molecular weight excluding hydrogens is 236 g/mol. The predicted molar refractivity (Wildman–Crippen MR) is 53.3 cm³/mol. The van der Waals surface area contributed by atoms with Crippen LogP contribution >= 0.6 is 0 Å². The quantitative estimate of drug-likeness (QED) is 0.703. The Morgan fingerprint density at radius 3 is 2.18 bits per heavy atom. The maximum atomic E-state index is 13.7. The van der Waals surface area contributed by atoms with E-state index >= 15 is 0 Å². The Hall–Kier alpha value is -1.85. The van der Waals surface area contributed by atoms with Crippen LogP contribution in [-0.4, -0.2) is 9.78 Å². The summed E-state index contributed by atoms with van der Waals surface area (Å²) in [5.41, 5.74) is -1.44. The lowest BCUT2D eigenvalue weighted by atomic mass is 10.2. The minimum atomic E-state index is -4.73. The van der Waals surface area contributed by atoms with E-state index < -0.39 is 17.7 Å². The molecule has 2 rings (SSSR count). The zero-order chi connectivity index (χ0) is 12.6. The number of aryl methyl sites for hydroxylation is 1. The highest BCUT2D eigenvalue weighted by molar-refractivity contribution is 5.34. The molecule has 0 saturated heterocycles. The molecule has 90 valence electrons. The summed E-state index contributed by atoms with van der Waals surface area (Å²) in [5, 5.41) is 3.57. The van der Waals surface area contributed by atoms with Crippen molar-refractivity contribution in [1.82, 2.24) is 9.78 Å². The largest absolute Gasteiger partial charge is 0.422 e. The average molecular weight is 244 g/mol. The Kier molecular flexibility index (Phi) is 2.65. The highest BCUT2D eigenvalue weighted by Gasteiger charge is 2.39. The number of hydrogen-bond donors (Lipinski definition) is 0. The molecule has 0 saturated carbocycles. The second-order valence-electron chi connectivity index (χ2n) is 3.50. The number of halogens is 4. The summed E-state index contributed by atoms with van der Waals surface area (Å²) < 4.78 is 51.9. The molecule has 6 heteroatoms. The van der Waals surface area contributed by atoms with E-state index in [4.69, 9.17) is 0 Å². The van der Waals surface area contributed by atoms with Crippen LogP contribution < -0.4 is 0 Å². The maximum Gasteiger partial charge on any atom is 0.422 e. The van der Waals surface area contributed by atoms with Gasteiger partial charge < -0.3 is 0 Å². The van der Waals surface area contributed by atoms with Crippen molar-refractivity contribution in [2.24, 2.45) is 0 Å². The van der Waals surface area contributed by atoms with Gasteiger partial charge in [0.05, 0.1) is 11.4 Å². The Balaban J connectivity index is 2.60. The fraction of sp³-hybridized carbons (Fsp3) is 0.182. The van der Waals surface area contributed by atoms with Gasteiger partial charge in [-0.3, -0.25) is 0 Å². The minimum absolute atomic E-state index is 0.253. The number of hydrogen-bond acceptors (Lipinski definition) is 1. The van der Waals surface area contributed by atoms with E-state index in [0.717, 1.165) is 6.92 Å². The van der Waals surface area contributed by atoms with E-state index in [1.54, 1.807) is 18.2 Å². The van der Waals surface area contributed by atoms with E-state index in [1.807, 2.05) is 0 Å². The van der Waals surface area contributed by atoms with Gasteiger partial charge in [-0.05, 0) is 19.1 Å². The van der Waals surface area contributed by atoms with E-state index in [9.17, 15) is 17.6 Å². The lowest BCUT2D eigenvalue weighted by molar-refractivity contribution is -0.140. The van der Waals surface area contributed by atoms with Crippen molar-refractivity contribution in [1.29, 1.82) is 0 Å². The summed E-state index contributed by atoms with van der Waals surface area (Å²) in [7, 11) is 0. The maximum absolute atomic E-state index is 13.7. The van der Waals surface area contributed by atoms with Crippen LogP contribution in [0.3, 0.4) is 0 Å². The molecule has 0 aliphatic rings. The van der Waals surface area contributed by atoms with E-state index in [2.05, 4.69) is 5.10 Å². The first-order valence-electron chi connectivity index (χ1n) is 4.79. The second-order valence-corrected chi connectivity index (χ2v) is 3.50. The van der Waals surface area contributed by atoms with Gasteiger partial charge in [0.15, 0.2) is 0 Å². The third-order valence-corrected chi connectivity index (χ3v) is 2.29. The lowest BCUT2D eigenvalue weighted by Crippen LogP contribution is -2.09. The van der Waals surface area contributed by atoms with E-state index in [0.29, 0.717) is 4.68 Å². The van der Waals surface area contributed by atoms with Crippen LogP contribution in [0.15, 0.2) is 30.3 Å². The Bertz CT molecular complexity index is 528. The number of alkyl halides is 3. The summed E-state index contributed by atoms with van der Waals surface area (Å²) in [5.74, 6) is -1.39. The molecule has 0 unspecified atom stereocenters. The zero-order valence-electron chi connectivity index (χ0n) is 8.79. The van der Waals surface area contributed by atoms with E-state index in [-0.39, 0.29) is 11.4 Å². The van der Waals surface area contributed by atoms with Gasteiger partial charge in [0.2, 0.25) is 5.95 Å². The number of aromatic nitrogens is 2. The average Bonchev–Trinajstić information content (AvgIpc) is 2.54. The zero-order valence-corrected chi connectivity index (χ0v) is 8.79. The summed E-state index contributed by atoms with van der Waals surface area (Å²) in [6.45, 7) is 1.13. The van der Waals surface area contributed by atoms with Crippen molar-refractivity contribution in [2.75, 3.05) is 0 Å². The van der Waals surface area contributed by atoms with Crippen LogP contribution in [0.25, 0.3) is 5.69 Å². The van der Waals surface area contributed by atoms with E-state index in [1.165, 1.54) is 12.1 Å². The second kappa shape index (κ2) is 3.87. The topological polar surface area (TPSA) is 17.8 Å². The smallest absolute Gasteiger partial charge is 0.206 e. The Labute approximate surface area is 94.5 Å². The first-order valence-corrected chi connectivity index (χ1v) is 4.79. The summed E-state index contributed by atoms with van der Waals surface area (Å²) in [6, 6.07) is 7.84. The van der Waals surface area contributed by atoms with Crippen molar-refractivity contribution >= 4 is 0 Å².